The molecule has 4 aromatic carbocycles. The first-order chi connectivity index (χ1) is 24.6. The molecular formula is C39H43Cl2N3O5S2. The van der Waals surface area contributed by atoms with Gasteiger partial charge in [-0.05, 0) is 85.7 Å². The number of rotatable bonds is 15. The van der Waals surface area contributed by atoms with Crippen molar-refractivity contribution < 1.29 is 22.7 Å². The number of hydrogen-bond donors (Lipinski definition) is 1. The number of anilines is 1. The molecule has 12 heteroatoms. The number of nitrogens with zero attached hydrogens (tertiary/aromatic N) is 2. The molecule has 51 heavy (non-hydrogen) atoms. The molecule has 0 aromatic heterocycles. The van der Waals surface area contributed by atoms with E-state index in [0.29, 0.717) is 21.4 Å². The van der Waals surface area contributed by atoms with Crippen LogP contribution in [0.2, 0.25) is 10.0 Å². The van der Waals surface area contributed by atoms with Gasteiger partial charge in [-0.25, -0.2) is 8.42 Å². The molecule has 0 heterocycles. The molecule has 1 aliphatic rings. The molecule has 1 aliphatic carbocycles. The van der Waals surface area contributed by atoms with E-state index in [9.17, 15) is 18.0 Å². The van der Waals surface area contributed by atoms with Crippen LogP contribution >= 0.6 is 35.0 Å². The van der Waals surface area contributed by atoms with E-state index in [2.05, 4.69) is 5.32 Å². The third kappa shape index (κ3) is 10.0. The van der Waals surface area contributed by atoms with E-state index >= 15 is 0 Å². The lowest BCUT2D eigenvalue weighted by atomic mass is 9.94. The van der Waals surface area contributed by atoms with Crippen molar-refractivity contribution in [3.05, 3.63) is 118 Å². The first-order valence-electron chi connectivity index (χ1n) is 17.1. The number of hydrogen-bond acceptors (Lipinski definition) is 6. The Labute approximate surface area is 315 Å². The molecule has 1 atom stereocenters. The summed E-state index contributed by atoms with van der Waals surface area (Å²) in [5.74, 6) is -0.559. The van der Waals surface area contributed by atoms with Crippen molar-refractivity contribution in [1.29, 1.82) is 0 Å². The van der Waals surface area contributed by atoms with E-state index in [1.165, 1.54) is 28.8 Å². The Kier molecular flexibility index (Phi) is 13.7. The minimum absolute atomic E-state index is 0.00865. The summed E-state index contributed by atoms with van der Waals surface area (Å²) in [7, 11) is -4.30. The Morgan fingerprint density at radius 3 is 2.24 bits per heavy atom. The van der Waals surface area contributed by atoms with Gasteiger partial charge in [0.05, 0.1) is 27.2 Å². The van der Waals surface area contributed by atoms with Crippen LogP contribution in [0.5, 0.6) is 5.75 Å². The van der Waals surface area contributed by atoms with E-state index in [-0.39, 0.29) is 42.1 Å². The van der Waals surface area contributed by atoms with E-state index < -0.39 is 28.5 Å². The fourth-order valence-electron chi connectivity index (χ4n) is 6.26. The van der Waals surface area contributed by atoms with Crippen LogP contribution in [-0.2, 0) is 32.6 Å². The lowest BCUT2D eigenvalue weighted by Gasteiger charge is -2.35. The lowest BCUT2D eigenvalue weighted by Crippen LogP contribution is -2.55. The van der Waals surface area contributed by atoms with E-state index in [4.69, 9.17) is 27.9 Å². The highest BCUT2D eigenvalue weighted by molar-refractivity contribution is 7.98. The molecule has 8 nitrogen and oxygen atoms in total. The standard InChI is InChI=1S/C39H43Cl2N3O5S2/c1-3-49-37-17-11-10-16-35(37)44(51(47,48)32-21-19-31(50-2)20-22-32)27-38(45)43(26-29-18-23-33(40)34(41)24-29)36(25-28-12-6-4-7-13-28)39(46)42-30-14-8-5-9-15-30/h4,6-7,10-13,16-24,30,36H,3,5,8-9,14-15,25-27H2,1-2H3,(H,42,46)/t36-/m0/s1. The number of halogens is 2. The lowest BCUT2D eigenvalue weighted by molar-refractivity contribution is -0.140. The topological polar surface area (TPSA) is 96.0 Å². The van der Waals surface area contributed by atoms with Crippen molar-refractivity contribution in [3.63, 3.8) is 0 Å². The molecule has 4 aromatic rings. The van der Waals surface area contributed by atoms with Gasteiger partial charge >= 0.3 is 0 Å². The van der Waals surface area contributed by atoms with Gasteiger partial charge in [0.1, 0.15) is 18.3 Å². The predicted molar refractivity (Wildman–Crippen MR) is 206 cm³/mol. The number of benzene rings is 4. The molecule has 2 amide bonds. The van der Waals surface area contributed by atoms with Crippen LogP contribution in [0.25, 0.3) is 0 Å². The van der Waals surface area contributed by atoms with Crippen molar-refractivity contribution >= 4 is 62.5 Å². The molecule has 0 spiro atoms. The Hall–Kier alpha value is -3.70. The van der Waals surface area contributed by atoms with Gasteiger partial charge < -0.3 is 15.0 Å². The summed E-state index contributed by atoms with van der Waals surface area (Å²) in [6.45, 7) is 1.47. The van der Waals surface area contributed by atoms with E-state index in [0.717, 1.165) is 46.9 Å². The molecule has 0 bridgehead atoms. The van der Waals surface area contributed by atoms with Crippen molar-refractivity contribution in [2.24, 2.45) is 0 Å². The molecular weight excluding hydrogens is 725 g/mol. The van der Waals surface area contributed by atoms with Gasteiger partial charge in [0.15, 0.2) is 0 Å². The summed E-state index contributed by atoms with van der Waals surface area (Å²) in [5, 5.41) is 3.88. The van der Waals surface area contributed by atoms with Crippen molar-refractivity contribution in [1.82, 2.24) is 10.2 Å². The van der Waals surface area contributed by atoms with Crippen LogP contribution in [0.3, 0.4) is 0 Å². The average Bonchev–Trinajstić information content (AvgIpc) is 3.14. The second-order valence-corrected chi connectivity index (χ2v) is 16.0. The number of carbonyl (C=O) groups is 2. The Morgan fingerprint density at radius 1 is 0.882 bits per heavy atom. The number of para-hydroxylation sites is 2. The maximum atomic E-state index is 14.9. The van der Waals surface area contributed by atoms with Gasteiger partial charge in [0, 0.05) is 23.9 Å². The maximum Gasteiger partial charge on any atom is 0.264 e. The van der Waals surface area contributed by atoms with Gasteiger partial charge in [-0.3, -0.25) is 13.9 Å². The first-order valence-corrected chi connectivity index (χ1v) is 20.5. The van der Waals surface area contributed by atoms with Crippen LogP contribution in [0.1, 0.15) is 50.2 Å². The second kappa shape index (κ2) is 18.2. The highest BCUT2D eigenvalue weighted by Crippen LogP contribution is 2.34. The van der Waals surface area contributed by atoms with E-state index in [1.807, 2.05) is 36.6 Å². The molecule has 0 radical (unpaired) electrons. The number of carbonyl (C=O) groups excluding carboxylic acids is 2. The van der Waals surface area contributed by atoms with Crippen LogP contribution < -0.4 is 14.4 Å². The molecule has 0 saturated heterocycles. The summed E-state index contributed by atoms with van der Waals surface area (Å²) < 4.78 is 36.0. The second-order valence-electron chi connectivity index (χ2n) is 12.4. The zero-order chi connectivity index (χ0) is 36.4. The minimum atomic E-state index is -4.30. The number of sulfonamides is 1. The highest BCUT2D eigenvalue weighted by atomic mass is 35.5. The third-order valence-corrected chi connectivity index (χ3v) is 12.2. The largest absolute Gasteiger partial charge is 0.492 e. The van der Waals surface area contributed by atoms with Gasteiger partial charge in [0.2, 0.25) is 11.8 Å². The van der Waals surface area contributed by atoms with Crippen molar-refractivity contribution in [2.75, 3.05) is 23.7 Å². The maximum absolute atomic E-state index is 14.9. The molecule has 270 valence electrons. The normalized spacial score (nSPS) is 14.0. The summed E-state index contributed by atoms with van der Waals surface area (Å²) in [5.41, 5.74) is 1.70. The summed E-state index contributed by atoms with van der Waals surface area (Å²) in [6.07, 6.45) is 7.00. The molecule has 0 aliphatic heterocycles. The van der Waals surface area contributed by atoms with Crippen molar-refractivity contribution in [3.8, 4) is 5.75 Å². The van der Waals surface area contributed by atoms with Crippen LogP contribution in [0, 0.1) is 0 Å². The fraction of sp³-hybridized carbons (Fsp3) is 0.333. The summed E-state index contributed by atoms with van der Waals surface area (Å²) in [4.78, 5) is 31.6. The Bertz CT molecular complexity index is 1890. The van der Waals surface area contributed by atoms with Gasteiger partial charge in [0.25, 0.3) is 10.0 Å². The SMILES string of the molecule is CCOc1ccccc1N(CC(=O)N(Cc1ccc(Cl)c(Cl)c1)[C@@H](Cc1ccccc1)C(=O)NC1CCCCC1)S(=O)(=O)c1ccc(SC)cc1. The van der Waals surface area contributed by atoms with E-state index in [1.54, 1.807) is 61.5 Å². The Balaban J connectivity index is 1.60. The van der Waals surface area contributed by atoms with Gasteiger partial charge in [-0.15, -0.1) is 11.8 Å². The smallest absolute Gasteiger partial charge is 0.264 e. The fourth-order valence-corrected chi connectivity index (χ4v) is 8.42. The van der Waals surface area contributed by atoms with Gasteiger partial charge in [-0.1, -0.05) is 91.0 Å². The van der Waals surface area contributed by atoms with Crippen LogP contribution in [0.4, 0.5) is 5.69 Å². The molecule has 1 saturated carbocycles. The van der Waals surface area contributed by atoms with Crippen molar-refractivity contribution in [2.45, 2.75) is 73.9 Å². The van der Waals surface area contributed by atoms with Crippen LogP contribution in [0.15, 0.2) is 107 Å². The average molecular weight is 769 g/mol. The quantitative estimate of drug-likeness (QED) is 0.122. The zero-order valence-corrected chi connectivity index (χ0v) is 31.9. The Morgan fingerprint density at radius 2 is 1.57 bits per heavy atom. The first kappa shape index (κ1) is 38.5. The van der Waals surface area contributed by atoms with Crippen LogP contribution in [-0.4, -0.2) is 56.6 Å². The monoisotopic (exact) mass is 767 g/mol. The number of nitrogens with one attached hydrogen (secondary N) is 1. The molecule has 1 fully saturated rings. The molecule has 1 N–H and O–H groups in total. The summed E-state index contributed by atoms with van der Waals surface area (Å²) >= 11 is 14.2. The zero-order valence-electron chi connectivity index (χ0n) is 28.8. The predicted octanol–water partition coefficient (Wildman–Crippen LogP) is 8.40. The number of ether oxygens (including phenoxy) is 1. The third-order valence-electron chi connectivity index (χ3n) is 8.92. The number of thioether (sulfide) groups is 1. The molecule has 0 unspecified atom stereocenters. The minimum Gasteiger partial charge on any atom is -0.492 e. The highest BCUT2D eigenvalue weighted by Gasteiger charge is 2.36. The number of amides is 2. The van der Waals surface area contributed by atoms with Gasteiger partial charge in [-0.2, -0.15) is 0 Å². The molecule has 5 rings (SSSR count). The summed E-state index contributed by atoms with van der Waals surface area (Å²) in [6, 6.07) is 26.8.